The van der Waals surface area contributed by atoms with Crippen molar-refractivity contribution in [1.82, 2.24) is 0 Å². The van der Waals surface area contributed by atoms with Crippen molar-refractivity contribution in [1.29, 1.82) is 0 Å². The Hall–Kier alpha value is -1.89. The number of benzene rings is 3. The zero-order valence-corrected chi connectivity index (χ0v) is 23.2. The Morgan fingerprint density at radius 1 is 0.594 bits per heavy atom. The van der Waals surface area contributed by atoms with Gasteiger partial charge in [0.25, 0.3) is 0 Å². The van der Waals surface area contributed by atoms with Gasteiger partial charge in [0.15, 0.2) is 0 Å². The maximum atomic E-state index is 6.81. The van der Waals surface area contributed by atoms with Gasteiger partial charge in [0.05, 0.1) is 0 Å². The van der Waals surface area contributed by atoms with E-state index in [2.05, 4.69) is 134 Å². The minimum absolute atomic E-state index is 0.0145. The van der Waals surface area contributed by atoms with Gasteiger partial charge in [-0.05, 0) is 77.6 Å². The van der Waals surface area contributed by atoms with Crippen LogP contribution in [0.5, 0.6) is 5.75 Å². The molecule has 3 rings (SSSR count). The van der Waals surface area contributed by atoms with Crippen LogP contribution in [0.2, 0.25) is 19.6 Å². The summed E-state index contributed by atoms with van der Waals surface area (Å²) in [5.41, 5.74) is 2.61. The summed E-state index contributed by atoms with van der Waals surface area (Å²) in [4.78, 5) is 0. The third-order valence-corrected chi connectivity index (χ3v) is 8.61. The first-order chi connectivity index (χ1) is 14.8. The Balaban J connectivity index is 2.36. The van der Waals surface area contributed by atoms with E-state index in [1.54, 1.807) is 0 Å². The fraction of sp³-hybridized carbons (Fsp3) is 0.379. The van der Waals surface area contributed by atoms with Crippen LogP contribution in [0.25, 0.3) is 0 Å². The summed E-state index contributed by atoms with van der Waals surface area (Å²) < 4.78 is 6.81. The Labute approximate surface area is 198 Å². The number of rotatable bonds is 5. The van der Waals surface area contributed by atoms with Crippen molar-refractivity contribution in [2.45, 2.75) is 72.0 Å². The molecule has 170 valence electrons. The molecular formula is C29H39OPSi. The summed E-state index contributed by atoms with van der Waals surface area (Å²) >= 11 is 0. The van der Waals surface area contributed by atoms with Gasteiger partial charge in [-0.25, -0.2) is 0 Å². The largest absolute Gasteiger partial charge is 0.544 e. The van der Waals surface area contributed by atoms with Gasteiger partial charge in [0.2, 0.25) is 8.32 Å². The molecule has 0 aromatic heterocycles. The predicted molar refractivity (Wildman–Crippen MR) is 147 cm³/mol. The lowest BCUT2D eigenvalue weighted by Crippen LogP contribution is -2.34. The van der Waals surface area contributed by atoms with Crippen LogP contribution >= 0.6 is 7.92 Å². The molecule has 0 fully saturated rings. The zero-order valence-electron chi connectivity index (χ0n) is 21.3. The molecule has 0 unspecified atom stereocenters. The van der Waals surface area contributed by atoms with Crippen LogP contribution in [0.3, 0.4) is 0 Å². The topological polar surface area (TPSA) is 9.23 Å². The molecule has 0 aliphatic heterocycles. The molecule has 0 N–H and O–H groups in total. The lowest BCUT2D eigenvalue weighted by molar-refractivity contribution is 0.478. The van der Waals surface area contributed by atoms with Crippen molar-refractivity contribution in [3.05, 3.63) is 83.9 Å². The third kappa shape index (κ3) is 5.91. The molecule has 3 aromatic carbocycles. The van der Waals surface area contributed by atoms with Gasteiger partial charge in [-0.2, -0.15) is 0 Å². The van der Waals surface area contributed by atoms with E-state index < -0.39 is 16.2 Å². The van der Waals surface area contributed by atoms with E-state index in [1.807, 2.05) is 0 Å². The molecule has 3 heteroatoms. The van der Waals surface area contributed by atoms with Crippen molar-refractivity contribution in [2.75, 3.05) is 0 Å². The van der Waals surface area contributed by atoms with Gasteiger partial charge in [0, 0.05) is 0 Å². The lowest BCUT2D eigenvalue weighted by atomic mass is 9.79. The summed E-state index contributed by atoms with van der Waals surface area (Å²) in [6.07, 6.45) is 0. The van der Waals surface area contributed by atoms with Gasteiger partial charge in [0.1, 0.15) is 5.75 Å². The SMILES string of the molecule is CC(C)(C)c1cc(P(c2ccccc2)c2ccccc2)cc(C(C)(C)C)c1O[Si](C)(C)C. The molecule has 3 aromatic rings. The zero-order chi connectivity index (χ0) is 23.7. The molecule has 0 bridgehead atoms. The number of hydrogen-bond acceptors (Lipinski definition) is 1. The molecule has 0 heterocycles. The fourth-order valence-corrected chi connectivity index (χ4v) is 7.06. The second kappa shape index (κ2) is 9.16. The highest BCUT2D eigenvalue weighted by Crippen LogP contribution is 2.43. The molecule has 0 radical (unpaired) electrons. The Kier molecular flexibility index (Phi) is 7.08. The first-order valence-electron chi connectivity index (χ1n) is 11.6. The molecule has 0 spiro atoms. The smallest absolute Gasteiger partial charge is 0.242 e. The van der Waals surface area contributed by atoms with Crippen LogP contribution < -0.4 is 20.3 Å². The van der Waals surface area contributed by atoms with Crippen LogP contribution in [0.4, 0.5) is 0 Å². The molecule has 1 nitrogen and oxygen atoms in total. The fourth-order valence-electron chi connectivity index (χ4n) is 3.87. The Morgan fingerprint density at radius 2 is 0.969 bits per heavy atom. The van der Waals surface area contributed by atoms with Crippen molar-refractivity contribution in [3.8, 4) is 5.75 Å². The minimum Gasteiger partial charge on any atom is -0.544 e. The monoisotopic (exact) mass is 462 g/mol. The van der Waals surface area contributed by atoms with Crippen LogP contribution in [0.15, 0.2) is 72.8 Å². The first kappa shape index (κ1) is 24.7. The predicted octanol–water partition coefficient (Wildman–Crippen LogP) is 7.25. The van der Waals surface area contributed by atoms with Gasteiger partial charge in [-0.3, -0.25) is 0 Å². The van der Waals surface area contributed by atoms with E-state index in [9.17, 15) is 0 Å². The second-order valence-corrected chi connectivity index (χ2v) is 18.2. The molecule has 0 amide bonds. The van der Waals surface area contributed by atoms with Gasteiger partial charge in [-0.1, -0.05) is 102 Å². The molecular weight excluding hydrogens is 423 g/mol. The average Bonchev–Trinajstić information content (AvgIpc) is 2.68. The maximum absolute atomic E-state index is 6.81. The van der Waals surface area contributed by atoms with Crippen LogP contribution in [0, 0.1) is 0 Å². The van der Waals surface area contributed by atoms with E-state index >= 15 is 0 Å². The van der Waals surface area contributed by atoms with Crippen LogP contribution in [-0.4, -0.2) is 8.32 Å². The van der Waals surface area contributed by atoms with E-state index in [0.717, 1.165) is 5.75 Å². The molecule has 0 aliphatic rings. The normalized spacial score (nSPS) is 12.8. The molecule has 0 aliphatic carbocycles. The molecule has 0 saturated heterocycles. The van der Waals surface area contributed by atoms with Crippen molar-refractivity contribution in [2.24, 2.45) is 0 Å². The Morgan fingerprint density at radius 3 is 1.28 bits per heavy atom. The van der Waals surface area contributed by atoms with Crippen molar-refractivity contribution in [3.63, 3.8) is 0 Å². The second-order valence-electron chi connectivity index (χ2n) is 11.6. The van der Waals surface area contributed by atoms with Gasteiger partial charge >= 0.3 is 0 Å². The Bertz CT molecular complexity index is 964. The van der Waals surface area contributed by atoms with Gasteiger partial charge < -0.3 is 4.43 Å². The molecule has 32 heavy (non-hydrogen) atoms. The van der Waals surface area contributed by atoms with Crippen LogP contribution in [0.1, 0.15) is 52.7 Å². The van der Waals surface area contributed by atoms with Crippen molar-refractivity contribution >= 4 is 32.2 Å². The molecule has 0 saturated carbocycles. The summed E-state index contributed by atoms with van der Waals surface area (Å²) in [5, 5.41) is 4.16. The molecule has 0 atom stereocenters. The van der Waals surface area contributed by atoms with Gasteiger partial charge in [-0.15, -0.1) is 0 Å². The van der Waals surface area contributed by atoms with E-state index in [-0.39, 0.29) is 10.8 Å². The highest BCUT2D eigenvalue weighted by atomic mass is 31.1. The highest BCUT2D eigenvalue weighted by Gasteiger charge is 2.32. The highest BCUT2D eigenvalue weighted by molar-refractivity contribution is 7.79. The maximum Gasteiger partial charge on any atom is 0.242 e. The van der Waals surface area contributed by atoms with E-state index in [0.29, 0.717) is 0 Å². The number of hydrogen-bond donors (Lipinski definition) is 0. The summed E-state index contributed by atoms with van der Waals surface area (Å²) in [7, 11) is -2.45. The summed E-state index contributed by atoms with van der Waals surface area (Å²) in [6.45, 7) is 20.7. The standard InChI is InChI=1S/C29H39OPSi/c1-28(2,3)25-20-24(21-26(29(4,5)6)27(25)30-32(7,8)9)31(22-16-12-10-13-17-22)23-18-14-11-15-19-23/h10-21H,1-9H3. The van der Waals surface area contributed by atoms with Crippen LogP contribution in [-0.2, 0) is 10.8 Å². The minimum atomic E-state index is -1.79. The lowest BCUT2D eigenvalue weighted by Gasteiger charge is -2.35. The van der Waals surface area contributed by atoms with E-state index in [4.69, 9.17) is 4.43 Å². The van der Waals surface area contributed by atoms with Crippen molar-refractivity contribution < 1.29 is 4.43 Å². The average molecular weight is 463 g/mol. The quantitative estimate of drug-likeness (QED) is 0.286. The summed E-state index contributed by atoms with van der Waals surface area (Å²) in [6, 6.07) is 26.8. The first-order valence-corrected chi connectivity index (χ1v) is 16.3. The summed E-state index contributed by atoms with van der Waals surface area (Å²) in [5.74, 6) is 1.11. The van der Waals surface area contributed by atoms with E-state index in [1.165, 1.54) is 27.0 Å². The third-order valence-electron chi connectivity index (χ3n) is 5.38.